The minimum Gasteiger partial charge on any atom is -0.326 e. The number of hydrogen-bond acceptors (Lipinski definition) is 2. The van der Waals surface area contributed by atoms with Crippen molar-refractivity contribution >= 4 is 0 Å². The first-order chi connectivity index (χ1) is 6.95. The van der Waals surface area contributed by atoms with Crippen LogP contribution in [0.5, 0.6) is 0 Å². The third kappa shape index (κ3) is 2.61. The van der Waals surface area contributed by atoms with Crippen LogP contribution >= 0.6 is 0 Å². The Hall–Kier alpha value is -1.27. The van der Waals surface area contributed by atoms with Gasteiger partial charge in [0, 0.05) is 12.4 Å². The first-order valence-corrected chi connectivity index (χ1v) is 5.09. The Morgan fingerprint density at radius 1 is 1.14 bits per heavy atom. The summed E-state index contributed by atoms with van der Waals surface area (Å²) in [5.74, 6) is 6.34. The molecule has 0 N–H and O–H groups in total. The Morgan fingerprint density at radius 3 is 2.64 bits per heavy atom. The lowest BCUT2D eigenvalue weighted by molar-refractivity contribution is 0.383. The Balaban J connectivity index is 1.72. The van der Waals surface area contributed by atoms with Gasteiger partial charge in [0.1, 0.15) is 0 Å². The highest BCUT2D eigenvalue weighted by Gasteiger charge is 2.08. The average Bonchev–Trinajstić information content (AvgIpc) is 2.86. The van der Waals surface area contributed by atoms with Crippen LogP contribution in [-0.4, -0.2) is 34.1 Å². The molecule has 0 radical (unpaired) electrons. The van der Waals surface area contributed by atoms with E-state index in [1.807, 2.05) is 10.8 Å². The lowest BCUT2D eigenvalue weighted by Crippen LogP contribution is -2.19. The van der Waals surface area contributed by atoms with E-state index in [1.54, 1.807) is 12.5 Å². The fourth-order valence-corrected chi connectivity index (χ4v) is 1.64. The lowest BCUT2D eigenvalue weighted by Gasteiger charge is -2.08. The number of rotatable bonds is 2. The number of hydrogen-bond donors (Lipinski definition) is 0. The van der Waals surface area contributed by atoms with Crippen molar-refractivity contribution in [2.24, 2.45) is 0 Å². The third-order valence-electron chi connectivity index (χ3n) is 2.45. The molecule has 0 amide bonds. The summed E-state index contributed by atoms with van der Waals surface area (Å²) in [5.41, 5.74) is 0. The highest BCUT2D eigenvalue weighted by molar-refractivity contribution is 5.02. The van der Waals surface area contributed by atoms with Crippen LogP contribution in [0.3, 0.4) is 0 Å². The molecular formula is C11H15N3. The molecule has 0 aromatic carbocycles. The normalized spacial score (nSPS) is 16.6. The number of imidazole rings is 1. The minimum atomic E-state index is 0.758. The summed E-state index contributed by atoms with van der Waals surface area (Å²) in [6.07, 6.45) is 8.18. The SMILES string of the molecule is C(#CCn1ccnc1)CN1CCCC1. The summed E-state index contributed by atoms with van der Waals surface area (Å²) in [7, 11) is 0. The molecular weight excluding hydrogens is 174 g/mol. The van der Waals surface area contributed by atoms with Crippen molar-refractivity contribution in [2.75, 3.05) is 19.6 Å². The van der Waals surface area contributed by atoms with Gasteiger partial charge in [0.2, 0.25) is 0 Å². The predicted molar refractivity (Wildman–Crippen MR) is 55.7 cm³/mol. The molecule has 14 heavy (non-hydrogen) atoms. The van der Waals surface area contributed by atoms with Crippen LogP contribution in [0.2, 0.25) is 0 Å². The predicted octanol–water partition coefficient (Wildman–Crippen LogP) is 0.982. The number of nitrogens with zero attached hydrogens (tertiary/aromatic N) is 3. The molecule has 1 aromatic rings. The van der Waals surface area contributed by atoms with Gasteiger partial charge < -0.3 is 4.57 Å². The van der Waals surface area contributed by atoms with Crippen LogP contribution in [-0.2, 0) is 6.54 Å². The van der Waals surface area contributed by atoms with Crippen LogP contribution in [0.4, 0.5) is 0 Å². The Morgan fingerprint density at radius 2 is 1.93 bits per heavy atom. The van der Waals surface area contributed by atoms with Gasteiger partial charge in [0.15, 0.2) is 0 Å². The first kappa shape index (κ1) is 9.29. The Kier molecular flexibility index (Phi) is 3.20. The second-order valence-corrected chi connectivity index (χ2v) is 3.57. The quantitative estimate of drug-likeness (QED) is 0.647. The smallest absolute Gasteiger partial charge is 0.0954 e. The van der Waals surface area contributed by atoms with Gasteiger partial charge in [-0.2, -0.15) is 0 Å². The molecule has 2 rings (SSSR count). The molecule has 0 bridgehead atoms. The van der Waals surface area contributed by atoms with Crippen LogP contribution in [0.1, 0.15) is 12.8 Å². The van der Waals surface area contributed by atoms with E-state index in [1.165, 1.54) is 25.9 Å². The van der Waals surface area contributed by atoms with Crippen molar-refractivity contribution in [3.05, 3.63) is 18.7 Å². The van der Waals surface area contributed by atoms with Crippen molar-refractivity contribution in [2.45, 2.75) is 19.4 Å². The van der Waals surface area contributed by atoms with Crippen LogP contribution in [0.25, 0.3) is 0 Å². The summed E-state index contributed by atoms with van der Waals surface area (Å²) in [6, 6.07) is 0. The molecule has 1 aliphatic rings. The topological polar surface area (TPSA) is 21.1 Å². The van der Waals surface area contributed by atoms with Crippen molar-refractivity contribution < 1.29 is 0 Å². The molecule has 1 aliphatic heterocycles. The van der Waals surface area contributed by atoms with Gasteiger partial charge in [-0.3, -0.25) is 4.90 Å². The van der Waals surface area contributed by atoms with E-state index in [2.05, 4.69) is 21.7 Å². The van der Waals surface area contributed by atoms with Gasteiger partial charge in [-0.25, -0.2) is 4.98 Å². The van der Waals surface area contributed by atoms with Gasteiger partial charge in [0.25, 0.3) is 0 Å². The number of aromatic nitrogens is 2. The van der Waals surface area contributed by atoms with Crippen LogP contribution < -0.4 is 0 Å². The average molecular weight is 189 g/mol. The molecule has 3 heteroatoms. The highest BCUT2D eigenvalue weighted by Crippen LogP contribution is 2.05. The summed E-state index contributed by atoms with van der Waals surface area (Å²) < 4.78 is 1.98. The van der Waals surface area contributed by atoms with Gasteiger partial charge in [-0.1, -0.05) is 11.8 Å². The van der Waals surface area contributed by atoms with Crippen molar-refractivity contribution in [3.63, 3.8) is 0 Å². The van der Waals surface area contributed by atoms with E-state index in [0.717, 1.165) is 13.1 Å². The molecule has 1 fully saturated rings. The van der Waals surface area contributed by atoms with Gasteiger partial charge in [-0.05, 0) is 25.9 Å². The largest absolute Gasteiger partial charge is 0.326 e. The summed E-state index contributed by atoms with van der Waals surface area (Å²) in [4.78, 5) is 6.37. The molecule has 1 aromatic heterocycles. The maximum absolute atomic E-state index is 3.96. The molecule has 3 nitrogen and oxygen atoms in total. The van der Waals surface area contributed by atoms with Crippen molar-refractivity contribution in [1.29, 1.82) is 0 Å². The van der Waals surface area contributed by atoms with E-state index in [9.17, 15) is 0 Å². The maximum Gasteiger partial charge on any atom is 0.0954 e. The van der Waals surface area contributed by atoms with Gasteiger partial charge in [0.05, 0.1) is 19.4 Å². The standard InChI is InChI=1S/C11H15N3/c1-2-7-13(6-1)8-3-4-9-14-10-5-12-11-14/h5,10-11H,1-2,6-9H2. The van der Waals surface area contributed by atoms with E-state index >= 15 is 0 Å². The minimum absolute atomic E-state index is 0.758. The van der Waals surface area contributed by atoms with Crippen LogP contribution in [0.15, 0.2) is 18.7 Å². The molecule has 0 spiro atoms. The highest BCUT2D eigenvalue weighted by atomic mass is 15.1. The van der Waals surface area contributed by atoms with Crippen molar-refractivity contribution in [1.82, 2.24) is 14.5 Å². The molecule has 0 saturated carbocycles. The fourth-order valence-electron chi connectivity index (χ4n) is 1.64. The second-order valence-electron chi connectivity index (χ2n) is 3.57. The zero-order chi connectivity index (χ0) is 9.64. The zero-order valence-corrected chi connectivity index (χ0v) is 8.32. The first-order valence-electron chi connectivity index (χ1n) is 5.09. The third-order valence-corrected chi connectivity index (χ3v) is 2.45. The molecule has 0 aliphatic carbocycles. The molecule has 0 unspecified atom stereocenters. The maximum atomic E-state index is 3.96. The van der Waals surface area contributed by atoms with Crippen LogP contribution in [0, 0.1) is 11.8 Å². The van der Waals surface area contributed by atoms with E-state index in [-0.39, 0.29) is 0 Å². The van der Waals surface area contributed by atoms with Crippen molar-refractivity contribution in [3.8, 4) is 11.8 Å². The summed E-state index contributed by atoms with van der Waals surface area (Å²) >= 11 is 0. The molecule has 2 heterocycles. The number of likely N-dealkylation sites (tertiary alicyclic amines) is 1. The monoisotopic (exact) mass is 189 g/mol. The lowest BCUT2D eigenvalue weighted by atomic mass is 10.4. The summed E-state index contributed by atoms with van der Waals surface area (Å²) in [5, 5.41) is 0. The van der Waals surface area contributed by atoms with Gasteiger partial charge >= 0.3 is 0 Å². The van der Waals surface area contributed by atoms with Gasteiger partial charge in [-0.15, -0.1) is 0 Å². The van der Waals surface area contributed by atoms with E-state index < -0.39 is 0 Å². The molecule has 1 saturated heterocycles. The fraction of sp³-hybridized carbons (Fsp3) is 0.545. The summed E-state index contributed by atoms with van der Waals surface area (Å²) in [6.45, 7) is 4.13. The Bertz CT molecular complexity index is 312. The zero-order valence-electron chi connectivity index (χ0n) is 8.32. The van der Waals surface area contributed by atoms with E-state index in [4.69, 9.17) is 0 Å². The Labute approximate surface area is 84.7 Å². The molecule has 0 atom stereocenters. The second kappa shape index (κ2) is 4.83. The van der Waals surface area contributed by atoms with E-state index in [0.29, 0.717) is 0 Å². The molecule has 74 valence electrons.